The Labute approximate surface area is 156 Å². The fraction of sp³-hybridized carbons (Fsp3) is 0.600. The first-order valence-electron chi connectivity index (χ1n) is 9.22. The Hall–Kier alpha value is -1.92. The van der Waals surface area contributed by atoms with Gasteiger partial charge in [-0.1, -0.05) is 51.1 Å². The Morgan fingerprint density at radius 3 is 2.50 bits per heavy atom. The molecule has 0 aromatic heterocycles. The number of Topliss-reactive ketones (excluding diaryl/α,β-unsaturated/α-hetero) is 1. The summed E-state index contributed by atoms with van der Waals surface area (Å²) in [6.07, 6.45) is 0.00450. The molecule has 1 unspecified atom stereocenters. The number of ketones is 1. The van der Waals surface area contributed by atoms with E-state index in [2.05, 4.69) is 4.90 Å². The number of amides is 1. The highest BCUT2D eigenvalue weighted by Crippen LogP contribution is 2.23. The Bertz CT molecular complexity index is 598. The molecule has 26 heavy (non-hydrogen) atoms. The van der Waals surface area contributed by atoms with Gasteiger partial charge in [0.1, 0.15) is 12.6 Å². The summed E-state index contributed by atoms with van der Waals surface area (Å²) < 4.78 is 5.46. The van der Waals surface area contributed by atoms with Crippen molar-refractivity contribution in [1.82, 2.24) is 9.80 Å². The average molecular weight is 361 g/mol. The van der Waals surface area contributed by atoms with E-state index >= 15 is 0 Å². The lowest BCUT2D eigenvalue weighted by Gasteiger charge is -2.40. The monoisotopic (exact) mass is 361 g/mol. The number of benzene rings is 1. The first kappa shape index (κ1) is 20.4. The van der Waals surface area contributed by atoms with Crippen LogP contribution < -0.4 is 5.73 Å². The summed E-state index contributed by atoms with van der Waals surface area (Å²) in [5.41, 5.74) is 6.47. The van der Waals surface area contributed by atoms with Gasteiger partial charge in [-0.05, 0) is 11.0 Å². The van der Waals surface area contributed by atoms with Gasteiger partial charge in [0, 0.05) is 39.1 Å². The molecule has 1 amide bonds. The molecule has 1 atom stereocenters. The van der Waals surface area contributed by atoms with Crippen molar-refractivity contribution in [3.63, 3.8) is 0 Å². The van der Waals surface area contributed by atoms with Gasteiger partial charge in [0.2, 0.25) is 0 Å². The van der Waals surface area contributed by atoms with Gasteiger partial charge in [0.25, 0.3) is 0 Å². The quantitative estimate of drug-likeness (QED) is 0.841. The van der Waals surface area contributed by atoms with Gasteiger partial charge in [0.15, 0.2) is 5.78 Å². The smallest absolute Gasteiger partial charge is 0.410 e. The minimum absolute atomic E-state index is 0.0795. The zero-order chi connectivity index (χ0) is 19.2. The molecule has 0 spiro atoms. The zero-order valence-electron chi connectivity index (χ0n) is 16.1. The van der Waals surface area contributed by atoms with Crippen molar-refractivity contribution in [1.29, 1.82) is 0 Å². The van der Waals surface area contributed by atoms with Gasteiger partial charge in [-0.25, -0.2) is 4.79 Å². The summed E-state index contributed by atoms with van der Waals surface area (Å²) in [6, 6.07) is 9.08. The van der Waals surface area contributed by atoms with Crippen molar-refractivity contribution < 1.29 is 14.3 Å². The Balaban J connectivity index is 2.04. The predicted octanol–water partition coefficient (Wildman–Crippen LogP) is 2.27. The molecule has 6 nitrogen and oxygen atoms in total. The molecular weight excluding hydrogens is 330 g/mol. The summed E-state index contributed by atoms with van der Waals surface area (Å²) in [6.45, 7) is 9.28. The molecule has 1 aliphatic heterocycles. The van der Waals surface area contributed by atoms with E-state index in [4.69, 9.17) is 10.5 Å². The van der Waals surface area contributed by atoms with E-state index in [1.54, 1.807) is 4.90 Å². The number of hydrogen-bond donors (Lipinski definition) is 1. The first-order valence-corrected chi connectivity index (χ1v) is 9.22. The SMILES string of the molecule is CC(C)(C)CC(=O)C1CN(CCN)CCN1C(=O)OCc1ccccc1. The number of carbonyl (C=O) groups is 2. The highest BCUT2D eigenvalue weighted by Gasteiger charge is 2.37. The molecule has 1 aliphatic rings. The molecule has 0 bridgehead atoms. The summed E-state index contributed by atoms with van der Waals surface area (Å²) in [5, 5.41) is 0. The van der Waals surface area contributed by atoms with Gasteiger partial charge in [-0.3, -0.25) is 14.6 Å². The summed E-state index contributed by atoms with van der Waals surface area (Å²) in [5.74, 6) is 0.0795. The average Bonchev–Trinajstić information content (AvgIpc) is 2.59. The van der Waals surface area contributed by atoms with Crippen molar-refractivity contribution in [2.24, 2.45) is 11.1 Å². The molecule has 1 aromatic carbocycles. The normalized spacial score (nSPS) is 18.6. The maximum absolute atomic E-state index is 12.8. The van der Waals surface area contributed by atoms with Crippen molar-refractivity contribution >= 4 is 11.9 Å². The lowest BCUT2D eigenvalue weighted by molar-refractivity contribution is -0.127. The van der Waals surface area contributed by atoms with Crippen LogP contribution in [0.15, 0.2) is 30.3 Å². The molecule has 1 aromatic rings. The lowest BCUT2D eigenvalue weighted by atomic mass is 9.87. The van der Waals surface area contributed by atoms with E-state index in [-0.39, 0.29) is 17.8 Å². The highest BCUT2D eigenvalue weighted by molar-refractivity contribution is 5.88. The molecule has 1 fully saturated rings. The Kier molecular flexibility index (Phi) is 7.17. The zero-order valence-corrected chi connectivity index (χ0v) is 16.1. The fourth-order valence-corrected chi connectivity index (χ4v) is 3.16. The van der Waals surface area contributed by atoms with Crippen LogP contribution in [0.4, 0.5) is 4.79 Å². The summed E-state index contributed by atoms with van der Waals surface area (Å²) in [7, 11) is 0. The van der Waals surface area contributed by atoms with Crippen LogP contribution in [-0.4, -0.2) is 60.4 Å². The third-order valence-corrected chi connectivity index (χ3v) is 4.43. The number of nitrogens with zero attached hydrogens (tertiary/aromatic N) is 2. The van der Waals surface area contributed by atoms with Gasteiger partial charge in [0.05, 0.1) is 0 Å². The second kappa shape index (κ2) is 9.14. The molecule has 2 N–H and O–H groups in total. The van der Waals surface area contributed by atoms with E-state index in [1.165, 1.54) is 0 Å². The predicted molar refractivity (Wildman–Crippen MR) is 102 cm³/mol. The van der Waals surface area contributed by atoms with Gasteiger partial charge in [-0.15, -0.1) is 0 Å². The van der Waals surface area contributed by atoms with Crippen LogP contribution in [0.3, 0.4) is 0 Å². The molecule has 1 heterocycles. The second-order valence-electron chi connectivity index (χ2n) is 8.04. The molecule has 1 saturated heterocycles. The second-order valence-corrected chi connectivity index (χ2v) is 8.04. The lowest BCUT2D eigenvalue weighted by Crippen LogP contribution is -2.59. The fourth-order valence-electron chi connectivity index (χ4n) is 3.16. The van der Waals surface area contributed by atoms with E-state index in [0.717, 1.165) is 12.1 Å². The maximum Gasteiger partial charge on any atom is 0.410 e. The van der Waals surface area contributed by atoms with Crippen LogP contribution in [0.5, 0.6) is 0 Å². The van der Waals surface area contributed by atoms with Crippen molar-refractivity contribution in [2.75, 3.05) is 32.7 Å². The van der Waals surface area contributed by atoms with Crippen LogP contribution >= 0.6 is 0 Å². The van der Waals surface area contributed by atoms with E-state index in [0.29, 0.717) is 32.6 Å². The van der Waals surface area contributed by atoms with Crippen LogP contribution in [-0.2, 0) is 16.1 Å². The molecule has 6 heteroatoms. The summed E-state index contributed by atoms with van der Waals surface area (Å²) in [4.78, 5) is 29.2. The van der Waals surface area contributed by atoms with Crippen LogP contribution in [0, 0.1) is 5.41 Å². The first-order chi connectivity index (χ1) is 12.3. The summed E-state index contributed by atoms with van der Waals surface area (Å²) >= 11 is 0. The molecule has 2 rings (SSSR count). The third kappa shape index (κ3) is 6.11. The molecule has 0 aliphatic carbocycles. The maximum atomic E-state index is 12.8. The third-order valence-electron chi connectivity index (χ3n) is 4.43. The number of rotatable bonds is 6. The standard InChI is InChI=1S/C20H31N3O3/c1-20(2,3)13-18(24)17-14-22(10-9-21)11-12-23(17)19(25)26-15-16-7-5-4-6-8-16/h4-8,17H,9-15,21H2,1-3H3. The van der Waals surface area contributed by atoms with Crippen LogP contribution in [0.2, 0.25) is 0 Å². The molecule has 0 saturated carbocycles. The van der Waals surface area contributed by atoms with E-state index in [9.17, 15) is 9.59 Å². The van der Waals surface area contributed by atoms with Crippen LogP contribution in [0.25, 0.3) is 0 Å². The molecule has 144 valence electrons. The van der Waals surface area contributed by atoms with Crippen molar-refractivity contribution in [2.45, 2.75) is 39.8 Å². The number of nitrogens with two attached hydrogens (primary N) is 1. The van der Waals surface area contributed by atoms with Crippen molar-refractivity contribution in [3.8, 4) is 0 Å². The minimum atomic E-state index is -0.474. The number of piperazine rings is 1. The van der Waals surface area contributed by atoms with Crippen molar-refractivity contribution in [3.05, 3.63) is 35.9 Å². The number of hydrogen-bond acceptors (Lipinski definition) is 5. The number of ether oxygens (including phenoxy) is 1. The van der Waals surface area contributed by atoms with Crippen LogP contribution in [0.1, 0.15) is 32.8 Å². The Morgan fingerprint density at radius 2 is 1.88 bits per heavy atom. The highest BCUT2D eigenvalue weighted by atomic mass is 16.6. The van der Waals surface area contributed by atoms with Gasteiger partial charge >= 0.3 is 6.09 Å². The Morgan fingerprint density at radius 1 is 1.19 bits per heavy atom. The van der Waals surface area contributed by atoms with E-state index < -0.39 is 12.1 Å². The number of carbonyl (C=O) groups excluding carboxylic acids is 2. The molecular formula is C20H31N3O3. The van der Waals surface area contributed by atoms with E-state index in [1.807, 2.05) is 51.1 Å². The minimum Gasteiger partial charge on any atom is -0.445 e. The molecule has 0 radical (unpaired) electrons. The van der Waals surface area contributed by atoms with Gasteiger partial charge in [-0.2, -0.15) is 0 Å². The topological polar surface area (TPSA) is 75.9 Å². The van der Waals surface area contributed by atoms with Gasteiger partial charge < -0.3 is 10.5 Å². The largest absolute Gasteiger partial charge is 0.445 e.